The first-order valence-electron chi connectivity index (χ1n) is 9.88. The van der Waals surface area contributed by atoms with E-state index in [-0.39, 0.29) is 11.4 Å². The molecule has 9 nitrogen and oxygen atoms in total. The van der Waals surface area contributed by atoms with Crippen LogP contribution in [0.1, 0.15) is 24.0 Å². The van der Waals surface area contributed by atoms with Gasteiger partial charge in [0.2, 0.25) is 0 Å². The number of nitro groups is 1. The standard InChI is InChI=1S/C21H25N5O4/c1-15-2-3-18(26(29)30)12-19(15)24-21(28)20(27)23-13-16-6-10-25(11-7-16)14-17-4-8-22-9-5-17/h2-5,8-9,12,16H,6-7,10-11,13-14H2,1H3,(H,23,27)(H,24,28). The highest BCUT2D eigenvalue weighted by molar-refractivity contribution is 6.39. The lowest BCUT2D eigenvalue weighted by atomic mass is 9.96. The van der Waals surface area contributed by atoms with E-state index in [1.54, 1.807) is 19.3 Å². The summed E-state index contributed by atoms with van der Waals surface area (Å²) in [6.45, 7) is 4.89. The Labute approximate surface area is 174 Å². The molecule has 0 bridgehead atoms. The van der Waals surface area contributed by atoms with E-state index >= 15 is 0 Å². The van der Waals surface area contributed by atoms with Crippen molar-refractivity contribution >= 4 is 23.2 Å². The number of nitro benzene ring substituents is 1. The molecular weight excluding hydrogens is 386 g/mol. The molecular formula is C21H25N5O4. The molecule has 1 aromatic heterocycles. The summed E-state index contributed by atoms with van der Waals surface area (Å²) < 4.78 is 0. The normalized spacial score (nSPS) is 14.8. The maximum absolute atomic E-state index is 12.2. The first-order chi connectivity index (χ1) is 14.4. The molecule has 0 aliphatic carbocycles. The van der Waals surface area contributed by atoms with E-state index < -0.39 is 16.7 Å². The largest absolute Gasteiger partial charge is 0.348 e. The molecule has 1 aliphatic rings. The van der Waals surface area contributed by atoms with E-state index in [1.165, 1.54) is 23.8 Å². The molecule has 1 aromatic carbocycles. The minimum Gasteiger partial charge on any atom is -0.348 e. The number of aryl methyl sites for hydroxylation is 1. The van der Waals surface area contributed by atoms with Crippen LogP contribution in [0, 0.1) is 23.0 Å². The fourth-order valence-electron chi connectivity index (χ4n) is 3.45. The van der Waals surface area contributed by atoms with Gasteiger partial charge in [0.05, 0.1) is 10.6 Å². The van der Waals surface area contributed by atoms with Gasteiger partial charge in [-0.3, -0.25) is 29.6 Å². The fraction of sp³-hybridized carbons (Fsp3) is 0.381. The summed E-state index contributed by atoms with van der Waals surface area (Å²) in [5.41, 5.74) is 1.98. The summed E-state index contributed by atoms with van der Waals surface area (Å²) in [4.78, 5) is 41.1. The highest BCUT2D eigenvalue weighted by atomic mass is 16.6. The Kier molecular flexibility index (Phi) is 7.08. The number of likely N-dealkylation sites (tertiary alicyclic amines) is 1. The third-order valence-corrected chi connectivity index (χ3v) is 5.30. The van der Waals surface area contributed by atoms with Crippen LogP contribution in [0.15, 0.2) is 42.7 Å². The van der Waals surface area contributed by atoms with Crippen molar-refractivity contribution in [2.24, 2.45) is 5.92 Å². The van der Waals surface area contributed by atoms with Gasteiger partial charge in [0.15, 0.2) is 0 Å². The number of non-ortho nitro benzene ring substituents is 1. The average Bonchev–Trinajstić information content (AvgIpc) is 2.75. The van der Waals surface area contributed by atoms with E-state index in [2.05, 4.69) is 20.5 Å². The van der Waals surface area contributed by atoms with Crippen molar-refractivity contribution in [3.05, 3.63) is 64.0 Å². The molecule has 1 fully saturated rings. The number of hydrogen-bond acceptors (Lipinski definition) is 6. The summed E-state index contributed by atoms with van der Waals surface area (Å²) >= 11 is 0. The number of carbonyl (C=O) groups is 2. The Hall–Kier alpha value is -3.33. The number of nitrogens with zero attached hydrogens (tertiary/aromatic N) is 3. The maximum atomic E-state index is 12.2. The number of hydrogen-bond donors (Lipinski definition) is 2. The molecule has 9 heteroatoms. The van der Waals surface area contributed by atoms with Gasteiger partial charge in [0, 0.05) is 37.6 Å². The van der Waals surface area contributed by atoms with Crippen molar-refractivity contribution in [3.8, 4) is 0 Å². The lowest BCUT2D eigenvalue weighted by Crippen LogP contribution is -2.41. The zero-order chi connectivity index (χ0) is 21.5. The number of anilines is 1. The lowest BCUT2D eigenvalue weighted by molar-refractivity contribution is -0.384. The monoisotopic (exact) mass is 411 g/mol. The number of rotatable bonds is 6. The lowest BCUT2D eigenvalue weighted by Gasteiger charge is -2.32. The van der Waals surface area contributed by atoms with Gasteiger partial charge in [0.25, 0.3) is 5.69 Å². The van der Waals surface area contributed by atoms with E-state index in [4.69, 9.17) is 0 Å². The number of carbonyl (C=O) groups excluding carboxylic acids is 2. The van der Waals surface area contributed by atoms with Crippen molar-refractivity contribution in [2.45, 2.75) is 26.3 Å². The number of nitrogens with one attached hydrogen (secondary N) is 2. The summed E-state index contributed by atoms with van der Waals surface area (Å²) in [7, 11) is 0. The Morgan fingerprint density at radius 3 is 2.53 bits per heavy atom. The number of pyridine rings is 1. The zero-order valence-electron chi connectivity index (χ0n) is 16.8. The molecule has 0 unspecified atom stereocenters. The van der Waals surface area contributed by atoms with Crippen LogP contribution in [-0.4, -0.2) is 46.3 Å². The van der Waals surface area contributed by atoms with Crippen LogP contribution in [0.5, 0.6) is 0 Å². The molecule has 30 heavy (non-hydrogen) atoms. The van der Waals surface area contributed by atoms with Crippen molar-refractivity contribution in [1.82, 2.24) is 15.2 Å². The smallest absolute Gasteiger partial charge is 0.313 e. The minimum absolute atomic E-state index is 0.144. The third-order valence-electron chi connectivity index (χ3n) is 5.30. The second kappa shape index (κ2) is 9.93. The molecule has 0 atom stereocenters. The average molecular weight is 411 g/mol. The van der Waals surface area contributed by atoms with Crippen LogP contribution in [0.3, 0.4) is 0 Å². The summed E-state index contributed by atoms with van der Waals surface area (Å²) in [5.74, 6) is -1.25. The Morgan fingerprint density at radius 2 is 1.87 bits per heavy atom. The molecule has 0 spiro atoms. The SMILES string of the molecule is Cc1ccc([N+](=O)[O-])cc1NC(=O)C(=O)NCC1CCN(Cc2ccncc2)CC1. The maximum Gasteiger partial charge on any atom is 0.313 e. The van der Waals surface area contributed by atoms with Gasteiger partial charge < -0.3 is 10.6 Å². The van der Waals surface area contributed by atoms with E-state index in [9.17, 15) is 19.7 Å². The van der Waals surface area contributed by atoms with Gasteiger partial charge in [-0.2, -0.15) is 0 Å². The molecule has 2 amide bonds. The number of benzene rings is 1. The van der Waals surface area contributed by atoms with Crippen LogP contribution < -0.4 is 10.6 Å². The molecule has 0 radical (unpaired) electrons. The van der Waals surface area contributed by atoms with E-state index in [0.717, 1.165) is 32.5 Å². The van der Waals surface area contributed by atoms with Crippen molar-refractivity contribution in [2.75, 3.05) is 25.0 Å². The topological polar surface area (TPSA) is 117 Å². The second-order valence-electron chi connectivity index (χ2n) is 7.50. The predicted molar refractivity (Wildman–Crippen MR) is 112 cm³/mol. The van der Waals surface area contributed by atoms with Crippen LogP contribution in [0.25, 0.3) is 0 Å². The van der Waals surface area contributed by atoms with Gasteiger partial charge in [-0.1, -0.05) is 6.07 Å². The van der Waals surface area contributed by atoms with Gasteiger partial charge in [-0.05, 0) is 62.0 Å². The van der Waals surface area contributed by atoms with E-state index in [1.807, 2.05) is 12.1 Å². The van der Waals surface area contributed by atoms with Crippen LogP contribution >= 0.6 is 0 Å². The quantitative estimate of drug-likeness (QED) is 0.428. The molecule has 3 rings (SSSR count). The van der Waals surface area contributed by atoms with Gasteiger partial charge in [-0.15, -0.1) is 0 Å². The van der Waals surface area contributed by atoms with Crippen LogP contribution in [0.4, 0.5) is 11.4 Å². The molecule has 2 N–H and O–H groups in total. The van der Waals surface area contributed by atoms with Crippen LogP contribution in [-0.2, 0) is 16.1 Å². The predicted octanol–water partition coefficient (Wildman–Crippen LogP) is 2.27. The fourth-order valence-corrected chi connectivity index (χ4v) is 3.45. The third kappa shape index (κ3) is 5.84. The van der Waals surface area contributed by atoms with Gasteiger partial charge >= 0.3 is 11.8 Å². The molecule has 0 saturated carbocycles. The number of piperidine rings is 1. The second-order valence-corrected chi connectivity index (χ2v) is 7.50. The molecule has 158 valence electrons. The first-order valence-corrected chi connectivity index (χ1v) is 9.88. The van der Waals surface area contributed by atoms with Crippen molar-refractivity contribution < 1.29 is 14.5 Å². The Balaban J connectivity index is 1.43. The Morgan fingerprint density at radius 1 is 1.17 bits per heavy atom. The molecule has 2 heterocycles. The minimum atomic E-state index is -0.825. The molecule has 1 aliphatic heterocycles. The summed E-state index contributed by atoms with van der Waals surface area (Å²) in [6.07, 6.45) is 5.46. The summed E-state index contributed by atoms with van der Waals surface area (Å²) in [5, 5.41) is 16.0. The highest BCUT2D eigenvalue weighted by Crippen LogP contribution is 2.22. The van der Waals surface area contributed by atoms with Gasteiger partial charge in [0.1, 0.15) is 0 Å². The molecule has 1 saturated heterocycles. The van der Waals surface area contributed by atoms with Crippen LogP contribution in [0.2, 0.25) is 0 Å². The summed E-state index contributed by atoms with van der Waals surface area (Å²) in [6, 6.07) is 8.15. The molecule has 2 aromatic rings. The van der Waals surface area contributed by atoms with E-state index in [0.29, 0.717) is 18.0 Å². The number of aromatic nitrogens is 1. The zero-order valence-corrected chi connectivity index (χ0v) is 16.8. The first kappa shape index (κ1) is 21.4. The highest BCUT2D eigenvalue weighted by Gasteiger charge is 2.22. The van der Waals surface area contributed by atoms with Crippen molar-refractivity contribution in [3.63, 3.8) is 0 Å². The van der Waals surface area contributed by atoms with Crippen molar-refractivity contribution in [1.29, 1.82) is 0 Å². The number of amides is 2. The Bertz CT molecular complexity index is 911. The van der Waals surface area contributed by atoms with Gasteiger partial charge in [-0.25, -0.2) is 0 Å².